The monoisotopic (exact) mass is 276 g/mol. The third kappa shape index (κ3) is 2.11. The van der Waals surface area contributed by atoms with E-state index in [-0.39, 0.29) is 5.69 Å². The van der Waals surface area contributed by atoms with Crippen LogP contribution in [0.2, 0.25) is 5.02 Å². The predicted octanol–water partition coefficient (Wildman–Crippen LogP) is 1.40. The fraction of sp³-hybridized carbons (Fsp3) is 0. The van der Waals surface area contributed by atoms with Crippen molar-refractivity contribution >= 4 is 34.4 Å². The fourth-order valence-electron chi connectivity index (χ4n) is 1.65. The van der Waals surface area contributed by atoms with Gasteiger partial charge in [0.2, 0.25) is 0 Å². The number of hydrogen-bond acceptors (Lipinski definition) is 5. The minimum Gasteiger partial charge on any atom is -0.399 e. The van der Waals surface area contributed by atoms with Crippen LogP contribution < -0.4 is 16.7 Å². The molecule has 3 rings (SSSR count). The van der Waals surface area contributed by atoms with Crippen LogP contribution in [0.4, 0.5) is 17.2 Å². The summed E-state index contributed by atoms with van der Waals surface area (Å²) in [7, 11) is 0. The zero-order valence-corrected chi connectivity index (χ0v) is 10.3. The topological polar surface area (TPSA) is 101 Å². The average molecular weight is 277 g/mol. The van der Waals surface area contributed by atoms with Crippen LogP contribution in [0, 0.1) is 0 Å². The zero-order chi connectivity index (χ0) is 13.4. The Morgan fingerprint density at radius 3 is 3.05 bits per heavy atom. The lowest BCUT2D eigenvalue weighted by Crippen LogP contribution is -2.09. The Kier molecular flexibility index (Phi) is 2.60. The van der Waals surface area contributed by atoms with Crippen LogP contribution in [-0.2, 0) is 0 Å². The van der Waals surface area contributed by atoms with Crippen molar-refractivity contribution < 1.29 is 0 Å². The van der Waals surface area contributed by atoms with Crippen LogP contribution in [0.15, 0.2) is 35.4 Å². The molecule has 0 atom stereocenters. The van der Waals surface area contributed by atoms with Crippen molar-refractivity contribution in [1.29, 1.82) is 0 Å². The molecule has 0 spiro atoms. The third-order valence-electron chi connectivity index (χ3n) is 2.56. The summed E-state index contributed by atoms with van der Waals surface area (Å²) in [5, 5.41) is 9.73. The van der Waals surface area contributed by atoms with Gasteiger partial charge >= 0.3 is 5.69 Å². The first kappa shape index (κ1) is 11.5. The summed E-state index contributed by atoms with van der Waals surface area (Å²) in [6.45, 7) is 0. The van der Waals surface area contributed by atoms with Gasteiger partial charge in [0.25, 0.3) is 0 Å². The summed E-state index contributed by atoms with van der Waals surface area (Å²) in [5.41, 5.74) is 7.04. The van der Waals surface area contributed by atoms with Crippen LogP contribution in [0.5, 0.6) is 0 Å². The number of nitrogens with two attached hydrogens (primary N) is 1. The molecular weight excluding hydrogens is 268 g/mol. The Balaban J connectivity index is 2.01. The van der Waals surface area contributed by atoms with Gasteiger partial charge in [-0.1, -0.05) is 11.6 Å². The quantitative estimate of drug-likeness (QED) is 0.614. The second-order valence-corrected chi connectivity index (χ2v) is 4.30. The maximum Gasteiger partial charge on any atom is 0.348 e. The van der Waals surface area contributed by atoms with Crippen molar-refractivity contribution in [2.75, 3.05) is 11.1 Å². The lowest BCUT2D eigenvalue weighted by molar-refractivity contribution is 0.998. The lowest BCUT2D eigenvalue weighted by atomic mass is 10.3. The van der Waals surface area contributed by atoms with Gasteiger partial charge in [0.15, 0.2) is 5.65 Å². The molecule has 4 N–H and O–H groups in total. The Morgan fingerprint density at radius 2 is 2.21 bits per heavy atom. The van der Waals surface area contributed by atoms with E-state index in [1.54, 1.807) is 24.3 Å². The first-order valence-electron chi connectivity index (χ1n) is 5.38. The number of anilines is 3. The number of rotatable bonds is 2. The molecule has 0 aliphatic rings. The van der Waals surface area contributed by atoms with Crippen molar-refractivity contribution in [1.82, 2.24) is 19.6 Å². The molecule has 0 amide bonds. The Hall–Kier alpha value is -2.54. The number of halogens is 1. The van der Waals surface area contributed by atoms with Crippen molar-refractivity contribution in [3.8, 4) is 0 Å². The number of nitrogens with zero attached hydrogens (tertiary/aromatic N) is 3. The van der Waals surface area contributed by atoms with Crippen LogP contribution in [-0.4, -0.2) is 19.6 Å². The summed E-state index contributed by atoms with van der Waals surface area (Å²) >= 11 is 6.05. The molecule has 2 aromatic heterocycles. The molecule has 0 aliphatic carbocycles. The molecule has 1 aromatic carbocycles. The number of H-pyrrole nitrogens is 1. The number of hydrogen-bond donors (Lipinski definition) is 3. The van der Waals surface area contributed by atoms with Gasteiger partial charge in [-0.15, -0.1) is 0 Å². The molecule has 0 bridgehead atoms. The summed E-state index contributed by atoms with van der Waals surface area (Å²) in [4.78, 5) is 15.4. The standard InChI is InChI=1S/C11H9ClN6O/c12-7-2-1-6(13)3-8(7)15-9-4-10-16-17-11(19)18(10)5-14-9/h1-5,15H,13H2,(H,17,19). The summed E-state index contributed by atoms with van der Waals surface area (Å²) in [6.07, 6.45) is 1.38. The molecule has 7 nitrogen and oxygen atoms in total. The van der Waals surface area contributed by atoms with Gasteiger partial charge in [-0.3, -0.25) is 0 Å². The minimum absolute atomic E-state index is 0.337. The summed E-state index contributed by atoms with van der Waals surface area (Å²) in [5.74, 6) is 0.513. The van der Waals surface area contributed by atoms with Gasteiger partial charge in [0.05, 0.1) is 10.7 Å². The predicted molar refractivity (Wildman–Crippen MR) is 72.8 cm³/mol. The molecule has 0 saturated heterocycles. The lowest BCUT2D eigenvalue weighted by Gasteiger charge is -2.08. The molecule has 0 aliphatic heterocycles. The third-order valence-corrected chi connectivity index (χ3v) is 2.89. The van der Waals surface area contributed by atoms with Gasteiger partial charge < -0.3 is 11.1 Å². The van der Waals surface area contributed by atoms with E-state index in [2.05, 4.69) is 20.5 Å². The van der Waals surface area contributed by atoms with E-state index in [0.717, 1.165) is 0 Å². The van der Waals surface area contributed by atoms with E-state index in [0.29, 0.717) is 27.9 Å². The van der Waals surface area contributed by atoms with Crippen LogP contribution in [0.25, 0.3) is 5.65 Å². The maximum atomic E-state index is 11.3. The molecule has 0 unspecified atom stereocenters. The Labute approximate surface area is 112 Å². The summed E-state index contributed by atoms with van der Waals surface area (Å²) in [6, 6.07) is 6.72. The smallest absolute Gasteiger partial charge is 0.348 e. The molecular formula is C11H9ClN6O. The van der Waals surface area contributed by atoms with Gasteiger partial charge in [-0.2, -0.15) is 5.10 Å². The van der Waals surface area contributed by atoms with E-state index in [1.165, 1.54) is 10.7 Å². The second kappa shape index (κ2) is 4.29. The number of benzene rings is 1. The van der Waals surface area contributed by atoms with E-state index in [9.17, 15) is 4.79 Å². The molecule has 0 fully saturated rings. The highest BCUT2D eigenvalue weighted by molar-refractivity contribution is 6.33. The molecule has 8 heteroatoms. The minimum atomic E-state index is -0.337. The van der Waals surface area contributed by atoms with Crippen LogP contribution >= 0.6 is 11.6 Å². The van der Waals surface area contributed by atoms with Gasteiger partial charge in [0, 0.05) is 11.8 Å². The van der Waals surface area contributed by atoms with Crippen molar-refractivity contribution in [2.45, 2.75) is 0 Å². The first-order valence-corrected chi connectivity index (χ1v) is 5.76. The number of nitrogens with one attached hydrogen (secondary N) is 2. The van der Waals surface area contributed by atoms with Crippen LogP contribution in [0.3, 0.4) is 0 Å². The average Bonchev–Trinajstić information content (AvgIpc) is 2.75. The second-order valence-electron chi connectivity index (χ2n) is 3.90. The van der Waals surface area contributed by atoms with Gasteiger partial charge in [-0.05, 0) is 18.2 Å². The highest BCUT2D eigenvalue weighted by atomic mass is 35.5. The molecule has 96 valence electrons. The first-order chi connectivity index (χ1) is 9.13. The van der Waals surface area contributed by atoms with Gasteiger partial charge in [0.1, 0.15) is 12.1 Å². The number of nitrogen functional groups attached to an aromatic ring is 1. The molecule has 2 heterocycles. The number of fused-ring (bicyclic) bond motifs is 1. The van der Waals surface area contributed by atoms with E-state index in [1.807, 2.05) is 0 Å². The van der Waals surface area contributed by atoms with Crippen molar-refractivity contribution in [3.63, 3.8) is 0 Å². The Morgan fingerprint density at radius 1 is 1.37 bits per heavy atom. The summed E-state index contributed by atoms with van der Waals surface area (Å²) < 4.78 is 1.30. The van der Waals surface area contributed by atoms with Crippen LogP contribution in [0.1, 0.15) is 0 Å². The highest BCUT2D eigenvalue weighted by Gasteiger charge is 2.05. The van der Waals surface area contributed by atoms with E-state index >= 15 is 0 Å². The zero-order valence-electron chi connectivity index (χ0n) is 9.59. The highest BCUT2D eigenvalue weighted by Crippen LogP contribution is 2.26. The molecule has 19 heavy (non-hydrogen) atoms. The largest absolute Gasteiger partial charge is 0.399 e. The van der Waals surface area contributed by atoms with E-state index in [4.69, 9.17) is 17.3 Å². The number of aromatic amines is 1. The fourth-order valence-corrected chi connectivity index (χ4v) is 1.82. The Bertz CT molecular complexity index is 808. The molecule has 0 saturated carbocycles. The normalized spacial score (nSPS) is 10.8. The van der Waals surface area contributed by atoms with Crippen molar-refractivity contribution in [2.24, 2.45) is 0 Å². The number of aromatic nitrogens is 4. The molecule has 3 aromatic rings. The molecule has 0 radical (unpaired) electrons. The van der Waals surface area contributed by atoms with E-state index < -0.39 is 0 Å². The SMILES string of the molecule is Nc1ccc(Cl)c(Nc2cc3n[nH]c(=O)n3cn2)c1. The van der Waals surface area contributed by atoms with Crippen molar-refractivity contribution in [3.05, 3.63) is 46.1 Å². The van der Waals surface area contributed by atoms with Gasteiger partial charge in [-0.25, -0.2) is 19.3 Å². The maximum absolute atomic E-state index is 11.3.